The predicted octanol–water partition coefficient (Wildman–Crippen LogP) is 2.64. The van der Waals surface area contributed by atoms with Gasteiger partial charge in [0.05, 0.1) is 0 Å². The Labute approximate surface area is 101 Å². The maximum atomic E-state index is 3.41. The topological polar surface area (TPSA) is 15.3 Å². The fourth-order valence-corrected chi connectivity index (χ4v) is 3.47. The summed E-state index contributed by atoms with van der Waals surface area (Å²) in [6, 6.07) is 1.63. The maximum absolute atomic E-state index is 3.41. The monoisotopic (exact) mass is 224 g/mol. The van der Waals surface area contributed by atoms with E-state index in [9.17, 15) is 0 Å². The maximum Gasteiger partial charge on any atom is 0.00952 e. The molecule has 0 aromatic heterocycles. The van der Waals surface area contributed by atoms with Gasteiger partial charge in [-0.3, -0.25) is 0 Å². The summed E-state index contributed by atoms with van der Waals surface area (Å²) >= 11 is 0. The number of hydrogen-bond acceptors (Lipinski definition) is 2. The zero-order chi connectivity index (χ0) is 11.4. The van der Waals surface area contributed by atoms with Crippen LogP contribution in [-0.2, 0) is 0 Å². The lowest BCUT2D eigenvalue weighted by atomic mass is 9.87. The summed E-state index contributed by atoms with van der Waals surface area (Å²) in [7, 11) is 2.10. The third-order valence-corrected chi connectivity index (χ3v) is 4.83. The Morgan fingerprint density at radius 1 is 1.00 bits per heavy atom. The van der Waals surface area contributed by atoms with Gasteiger partial charge in [-0.25, -0.2) is 0 Å². The molecule has 0 aromatic carbocycles. The van der Waals surface area contributed by atoms with Gasteiger partial charge in [-0.1, -0.05) is 19.3 Å². The highest BCUT2D eigenvalue weighted by Gasteiger charge is 2.27. The summed E-state index contributed by atoms with van der Waals surface area (Å²) in [6.07, 6.45) is 10.1. The zero-order valence-corrected chi connectivity index (χ0v) is 11.0. The second-order valence-corrected chi connectivity index (χ2v) is 5.74. The van der Waals surface area contributed by atoms with E-state index < -0.39 is 0 Å². The van der Waals surface area contributed by atoms with E-state index in [1.54, 1.807) is 0 Å². The van der Waals surface area contributed by atoms with Gasteiger partial charge in [-0.2, -0.15) is 0 Å². The van der Waals surface area contributed by atoms with E-state index in [4.69, 9.17) is 0 Å². The van der Waals surface area contributed by atoms with Crippen LogP contribution in [0.2, 0.25) is 0 Å². The van der Waals surface area contributed by atoms with Crippen LogP contribution >= 0.6 is 0 Å². The highest BCUT2D eigenvalue weighted by molar-refractivity contribution is 4.83. The number of piperidine rings is 1. The molecule has 1 saturated carbocycles. The fourth-order valence-electron chi connectivity index (χ4n) is 3.47. The molecule has 1 N–H and O–H groups in total. The van der Waals surface area contributed by atoms with Crippen LogP contribution in [0.15, 0.2) is 0 Å². The number of nitrogens with one attached hydrogen (secondary N) is 1. The molecule has 0 spiro atoms. The van der Waals surface area contributed by atoms with Gasteiger partial charge in [-0.05, 0) is 58.7 Å². The van der Waals surface area contributed by atoms with Gasteiger partial charge in [0.15, 0.2) is 0 Å². The summed E-state index contributed by atoms with van der Waals surface area (Å²) in [5.74, 6) is 0.907. The average molecular weight is 224 g/mol. The first-order valence-electron chi connectivity index (χ1n) is 7.22. The van der Waals surface area contributed by atoms with E-state index in [1.807, 2.05) is 0 Å². The van der Waals surface area contributed by atoms with Crippen LogP contribution < -0.4 is 5.32 Å². The standard InChI is InChI=1S/C14H28N2/c1-12(15-2)13-8-10-16(11-9-13)14-6-4-3-5-7-14/h12-15H,3-11H2,1-2H3. The first kappa shape index (κ1) is 12.4. The Bertz CT molecular complexity index is 191. The zero-order valence-electron chi connectivity index (χ0n) is 11.0. The van der Waals surface area contributed by atoms with Crippen molar-refractivity contribution in [2.24, 2.45) is 5.92 Å². The molecule has 1 saturated heterocycles. The molecule has 1 unspecified atom stereocenters. The Kier molecular flexibility index (Phi) is 4.66. The highest BCUT2D eigenvalue weighted by atomic mass is 15.2. The molecule has 1 aliphatic carbocycles. The first-order chi connectivity index (χ1) is 7.81. The SMILES string of the molecule is CNC(C)C1CCN(C2CCCCC2)CC1. The van der Waals surface area contributed by atoms with Gasteiger partial charge in [0.25, 0.3) is 0 Å². The average Bonchev–Trinajstić information content (AvgIpc) is 2.39. The molecule has 0 aromatic rings. The molecule has 16 heavy (non-hydrogen) atoms. The second-order valence-electron chi connectivity index (χ2n) is 5.74. The van der Waals surface area contributed by atoms with Crippen molar-refractivity contribution in [2.75, 3.05) is 20.1 Å². The molecule has 2 heteroatoms. The molecule has 2 fully saturated rings. The van der Waals surface area contributed by atoms with E-state index in [1.165, 1.54) is 58.0 Å². The molecule has 2 nitrogen and oxygen atoms in total. The van der Waals surface area contributed by atoms with Crippen molar-refractivity contribution in [1.29, 1.82) is 0 Å². The molecule has 94 valence electrons. The van der Waals surface area contributed by atoms with Crippen molar-refractivity contribution in [3.63, 3.8) is 0 Å². The van der Waals surface area contributed by atoms with Crippen molar-refractivity contribution in [3.8, 4) is 0 Å². The van der Waals surface area contributed by atoms with Gasteiger partial charge in [0.2, 0.25) is 0 Å². The Balaban J connectivity index is 1.75. The normalized spacial score (nSPS) is 28.1. The molecule has 2 rings (SSSR count). The van der Waals surface area contributed by atoms with Crippen LogP contribution in [0.3, 0.4) is 0 Å². The minimum Gasteiger partial charge on any atom is -0.317 e. The molecule has 0 amide bonds. The van der Waals surface area contributed by atoms with Crippen LogP contribution in [0, 0.1) is 5.92 Å². The number of likely N-dealkylation sites (tertiary alicyclic amines) is 1. The lowest BCUT2D eigenvalue weighted by Crippen LogP contribution is -2.45. The smallest absolute Gasteiger partial charge is 0.00952 e. The molecule has 0 bridgehead atoms. The molecule has 1 atom stereocenters. The van der Waals surface area contributed by atoms with Gasteiger partial charge in [-0.15, -0.1) is 0 Å². The molecular formula is C14H28N2. The van der Waals surface area contributed by atoms with Gasteiger partial charge >= 0.3 is 0 Å². The van der Waals surface area contributed by atoms with E-state index in [-0.39, 0.29) is 0 Å². The van der Waals surface area contributed by atoms with E-state index in [2.05, 4.69) is 24.2 Å². The highest BCUT2D eigenvalue weighted by Crippen LogP contribution is 2.28. The quantitative estimate of drug-likeness (QED) is 0.793. The number of hydrogen-bond donors (Lipinski definition) is 1. The molecule has 2 aliphatic rings. The van der Waals surface area contributed by atoms with Crippen molar-refractivity contribution in [3.05, 3.63) is 0 Å². The lowest BCUT2D eigenvalue weighted by Gasteiger charge is -2.40. The summed E-state index contributed by atoms with van der Waals surface area (Å²) in [5, 5.41) is 3.41. The first-order valence-corrected chi connectivity index (χ1v) is 7.22. The summed E-state index contributed by atoms with van der Waals surface area (Å²) < 4.78 is 0. The van der Waals surface area contributed by atoms with Crippen LogP contribution in [0.25, 0.3) is 0 Å². The Morgan fingerprint density at radius 3 is 2.19 bits per heavy atom. The molecule has 0 radical (unpaired) electrons. The third-order valence-electron chi connectivity index (χ3n) is 4.83. The Morgan fingerprint density at radius 2 is 1.62 bits per heavy atom. The fraction of sp³-hybridized carbons (Fsp3) is 1.00. The minimum atomic E-state index is 0.702. The van der Waals surface area contributed by atoms with Crippen molar-refractivity contribution in [1.82, 2.24) is 10.2 Å². The summed E-state index contributed by atoms with van der Waals surface area (Å²) in [4.78, 5) is 2.78. The van der Waals surface area contributed by atoms with Crippen molar-refractivity contribution < 1.29 is 0 Å². The van der Waals surface area contributed by atoms with Gasteiger partial charge < -0.3 is 10.2 Å². The van der Waals surface area contributed by atoms with Crippen molar-refractivity contribution in [2.45, 2.75) is 64.0 Å². The minimum absolute atomic E-state index is 0.702. The largest absolute Gasteiger partial charge is 0.317 e. The molecule has 1 aliphatic heterocycles. The number of rotatable bonds is 3. The molecular weight excluding hydrogens is 196 g/mol. The van der Waals surface area contributed by atoms with Crippen LogP contribution in [0.4, 0.5) is 0 Å². The van der Waals surface area contributed by atoms with Gasteiger partial charge in [0, 0.05) is 12.1 Å². The number of nitrogens with zero attached hydrogens (tertiary/aromatic N) is 1. The Hall–Kier alpha value is -0.0800. The van der Waals surface area contributed by atoms with Gasteiger partial charge in [0.1, 0.15) is 0 Å². The predicted molar refractivity (Wildman–Crippen MR) is 69.7 cm³/mol. The van der Waals surface area contributed by atoms with Crippen LogP contribution in [0.5, 0.6) is 0 Å². The second kappa shape index (κ2) is 6.02. The summed E-state index contributed by atoms with van der Waals surface area (Å²) in [6.45, 7) is 5.03. The molecule has 1 heterocycles. The van der Waals surface area contributed by atoms with E-state index >= 15 is 0 Å². The van der Waals surface area contributed by atoms with Crippen molar-refractivity contribution >= 4 is 0 Å². The summed E-state index contributed by atoms with van der Waals surface area (Å²) in [5.41, 5.74) is 0. The van der Waals surface area contributed by atoms with Crippen LogP contribution in [-0.4, -0.2) is 37.1 Å². The lowest BCUT2D eigenvalue weighted by molar-refractivity contribution is 0.0976. The van der Waals surface area contributed by atoms with E-state index in [0.717, 1.165) is 12.0 Å². The van der Waals surface area contributed by atoms with Crippen LogP contribution in [0.1, 0.15) is 51.9 Å². The van der Waals surface area contributed by atoms with E-state index in [0.29, 0.717) is 6.04 Å². The third kappa shape index (κ3) is 2.98.